The first-order valence-corrected chi connectivity index (χ1v) is 7.44. The van der Waals surface area contributed by atoms with E-state index in [1.54, 1.807) is 36.9 Å². The van der Waals surface area contributed by atoms with Crippen molar-refractivity contribution in [2.75, 3.05) is 0 Å². The zero-order valence-electron chi connectivity index (χ0n) is 12.2. The van der Waals surface area contributed by atoms with Crippen LogP contribution in [0.15, 0.2) is 67.5 Å². The summed E-state index contributed by atoms with van der Waals surface area (Å²) in [7, 11) is 0. The number of halogens is 1. The average Bonchev–Trinajstić information content (AvgIpc) is 2.62. The highest BCUT2D eigenvalue weighted by atomic mass is 35.5. The number of hydrogen-bond donors (Lipinski definition) is 0. The molecule has 0 radical (unpaired) electrons. The van der Waals surface area contributed by atoms with E-state index in [1.165, 1.54) is 6.33 Å². The van der Waals surface area contributed by atoms with Crippen LogP contribution >= 0.6 is 11.6 Å². The Kier molecular flexibility index (Phi) is 4.31. The molecule has 4 nitrogen and oxygen atoms in total. The van der Waals surface area contributed by atoms with Gasteiger partial charge in [-0.15, -0.1) is 0 Å². The van der Waals surface area contributed by atoms with Crippen molar-refractivity contribution in [1.29, 1.82) is 5.26 Å². The van der Waals surface area contributed by atoms with Crippen LogP contribution in [0.3, 0.4) is 0 Å². The maximum absolute atomic E-state index is 10.1. The number of rotatable bonds is 4. The van der Waals surface area contributed by atoms with E-state index < -0.39 is 5.41 Å². The van der Waals surface area contributed by atoms with Gasteiger partial charge in [0.15, 0.2) is 0 Å². The van der Waals surface area contributed by atoms with E-state index in [0.29, 0.717) is 11.4 Å². The van der Waals surface area contributed by atoms with Gasteiger partial charge in [0.05, 0.1) is 6.07 Å². The highest BCUT2D eigenvalue weighted by Gasteiger charge is 2.35. The fourth-order valence-electron chi connectivity index (χ4n) is 2.60. The second kappa shape index (κ2) is 6.55. The lowest BCUT2D eigenvalue weighted by atomic mass is 9.73. The van der Waals surface area contributed by atoms with Gasteiger partial charge in [-0.05, 0) is 29.3 Å². The maximum Gasteiger partial charge on any atom is 0.115 e. The minimum atomic E-state index is -0.894. The third-order valence-corrected chi connectivity index (χ3v) is 4.03. The Morgan fingerprint density at radius 2 is 1.70 bits per heavy atom. The summed E-state index contributed by atoms with van der Waals surface area (Å²) in [5, 5.41) is 10.7. The minimum Gasteiger partial charge on any atom is -0.264 e. The van der Waals surface area contributed by atoms with E-state index in [1.807, 2.05) is 24.3 Å². The molecular weight excluding hydrogens is 308 g/mol. The number of nitrogens with zero attached hydrogens (tertiary/aromatic N) is 4. The molecule has 0 fully saturated rings. The molecule has 5 heteroatoms. The van der Waals surface area contributed by atoms with Crippen molar-refractivity contribution in [3.63, 3.8) is 0 Å². The number of aromatic nitrogens is 3. The van der Waals surface area contributed by atoms with Gasteiger partial charge >= 0.3 is 0 Å². The first kappa shape index (κ1) is 15.1. The van der Waals surface area contributed by atoms with Crippen LogP contribution in [0.1, 0.15) is 16.7 Å². The first-order chi connectivity index (χ1) is 11.2. The summed E-state index contributed by atoms with van der Waals surface area (Å²) < 4.78 is 0. The number of pyridine rings is 1. The monoisotopic (exact) mass is 320 g/mol. The van der Waals surface area contributed by atoms with Gasteiger partial charge < -0.3 is 0 Å². The number of hydrogen-bond acceptors (Lipinski definition) is 4. The van der Waals surface area contributed by atoms with E-state index >= 15 is 0 Å². The van der Waals surface area contributed by atoms with Crippen LogP contribution in [0.4, 0.5) is 0 Å². The molecule has 0 bridgehead atoms. The van der Waals surface area contributed by atoms with Crippen LogP contribution in [0.2, 0.25) is 5.02 Å². The Labute approximate surface area is 139 Å². The summed E-state index contributed by atoms with van der Waals surface area (Å²) in [5.74, 6) is 0. The molecule has 0 saturated carbocycles. The summed E-state index contributed by atoms with van der Waals surface area (Å²) >= 11 is 5.99. The first-order valence-electron chi connectivity index (χ1n) is 7.06. The van der Waals surface area contributed by atoms with Crippen molar-refractivity contribution < 1.29 is 0 Å². The van der Waals surface area contributed by atoms with Crippen LogP contribution in [-0.2, 0) is 11.8 Å². The van der Waals surface area contributed by atoms with E-state index in [-0.39, 0.29) is 0 Å². The van der Waals surface area contributed by atoms with Crippen molar-refractivity contribution in [3.8, 4) is 6.07 Å². The Balaban J connectivity index is 2.16. The topological polar surface area (TPSA) is 62.5 Å². The molecule has 0 N–H and O–H groups in total. The Morgan fingerprint density at radius 3 is 2.30 bits per heavy atom. The zero-order valence-corrected chi connectivity index (χ0v) is 13.0. The molecule has 1 unspecified atom stereocenters. The van der Waals surface area contributed by atoms with Gasteiger partial charge in [-0.2, -0.15) is 5.26 Å². The molecule has 1 aromatic carbocycles. The second-order valence-electron chi connectivity index (χ2n) is 5.19. The second-order valence-corrected chi connectivity index (χ2v) is 5.63. The van der Waals surface area contributed by atoms with Gasteiger partial charge in [0.2, 0.25) is 0 Å². The predicted molar refractivity (Wildman–Crippen MR) is 87.8 cm³/mol. The summed E-state index contributed by atoms with van der Waals surface area (Å²) in [4.78, 5) is 12.3. The van der Waals surface area contributed by atoms with Crippen LogP contribution in [0, 0.1) is 11.3 Å². The van der Waals surface area contributed by atoms with Gasteiger partial charge in [-0.25, -0.2) is 9.97 Å². The average molecular weight is 321 g/mol. The van der Waals surface area contributed by atoms with Gasteiger partial charge in [0.25, 0.3) is 0 Å². The zero-order chi connectivity index (χ0) is 16.1. The van der Waals surface area contributed by atoms with E-state index in [9.17, 15) is 5.26 Å². The van der Waals surface area contributed by atoms with Gasteiger partial charge in [0.1, 0.15) is 11.7 Å². The Bertz CT molecular complexity index is 813. The molecule has 1 atom stereocenters. The number of nitriles is 1. The molecule has 23 heavy (non-hydrogen) atoms. The molecule has 0 amide bonds. The summed E-state index contributed by atoms with van der Waals surface area (Å²) in [5.41, 5.74) is 1.67. The molecule has 0 saturated heterocycles. The molecule has 2 heterocycles. The Morgan fingerprint density at radius 1 is 0.957 bits per heavy atom. The van der Waals surface area contributed by atoms with Crippen molar-refractivity contribution in [2.24, 2.45) is 0 Å². The van der Waals surface area contributed by atoms with Crippen molar-refractivity contribution in [2.45, 2.75) is 11.8 Å². The van der Waals surface area contributed by atoms with Crippen molar-refractivity contribution in [3.05, 3.63) is 89.2 Å². The molecule has 3 aromatic rings. The molecule has 2 aromatic heterocycles. The fraction of sp³-hybridized carbons (Fsp3) is 0.111. The van der Waals surface area contributed by atoms with Gasteiger partial charge in [-0.3, -0.25) is 4.98 Å². The highest BCUT2D eigenvalue weighted by molar-refractivity contribution is 6.30. The standard InChI is InChI=1S/C18H13ClN4/c19-17-5-3-15(4-6-17)18(12-20,16-10-22-13-23-11-16)8-14-2-1-7-21-9-14/h1-7,9-11,13H,8H2. The van der Waals surface area contributed by atoms with E-state index in [0.717, 1.165) is 16.7 Å². The lowest BCUT2D eigenvalue weighted by Gasteiger charge is -2.27. The lowest BCUT2D eigenvalue weighted by molar-refractivity contribution is 0.644. The van der Waals surface area contributed by atoms with E-state index in [2.05, 4.69) is 21.0 Å². The fourth-order valence-corrected chi connectivity index (χ4v) is 2.73. The molecule has 0 aliphatic carbocycles. The van der Waals surface area contributed by atoms with Gasteiger partial charge in [-0.1, -0.05) is 29.8 Å². The lowest BCUT2D eigenvalue weighted by Crippen LogP contribution is -2.29. The molecule has 0 aliphatic rings. The highest BCUT2D eigenvalue weighted by Crippen LogP contribution is 2.35. The molecule has 112 valence electrons. The van der Waals surface area contributed by atoms with Crippen molar-refractivity contribution >= 4 is 11.6 Å². The van der Waals surface area contributed by atoms with E-state index in [4.69, 9.17) is 11.6 Å². The van der Waals surface area contributed by atoms with Crippen LogP contribution in [-0.4, -0.2) is 15.0 Å². The summed E-state index contributed by atoms with van der Waals surface area (Å²) in [6.07, 6.45) is 8.78. The number of benzene rings is 1. The predicted octanol–water partition coefficient (Wildman–Crippen LogP) is 3.58. The van der Waals surface area contributed by atoms with Crippen LogP contribution in [0.5, 0.6) is 0 Å². The quantitative estimate of drug-likeness (QED) is 0.737. The normalized spacial score (nSPS) is 13.0. The summed E-state index contributed by atoms with van der Waals surface area (Å²) in [6.45, 7) is 0. The smallest absolute Gasteiger partial charge is 0.115 e. The van der Waals surface area contributed by atoms with Crippen LogP contribution in [0.25, 0.3) is 0 Å². The largest absolute Gasteiger partial charge is 0.264 e. The molecular formula is C18H13ClN4. The SMILES string of the molecule is N#CC(Cc1cccnc1)(c1ccc(Cl)cc1)c1cncnc1. The van der Waals surface area contributed by atoms with Crippen molar-refractivity contribution in [1.82, 2.24) is 15.0 Å². The van der Waals surface area contributed by atoms with Crippen LogP contribution < -0.4 is 0 Å². The third-order valence-electron chi connectivity index (χ3n) is 3.77. The Hall–Kier alpha value is -2.77. The molecule has 0 aliphatic heterocycles. The summed E-state index contributed by atoms with van der Waals surface area (Å²) in [6, 6.07) is 13.6. The van der Waals surface area contributed by atoms with Gasteiger partial charge in [0, 0.05) is 41.8 Å². The third kappa shape index (κ3) is 3.05. The minimum absolute atomic E-state index is 0.479. The molecule has 3 rings (SSSR count). The maximum atomic E-state index is 10.1. The molecule has 0 spiro atoms.